The SMILES string of the molecule is Cc1cccc(C)c1NC(=O)[C@H](C)OC(=O)CN1C(=O)Cc2ccccc2C1=O. The molecule has 0 bridgehead atoms. The molecule has 0 unspecified atom stereocenters. The quantitative estimate of drug-likeness (QED) is 0.621. The summed E-state index contributed by atoms with van der Waals surface area (Å²) in [6.07, 6.45) is -1.04. The van der Waals surface area contributed by atoms with Gasteiger partial charge >= 0.3 is 5.97 Å². The minimum Gasteiger partial charge on any atom is -0.451 e. The summed E-state index contributed by atoms with van der Waals surface area (Å²) in [6, 6.07) is 12.4. The van der Waals surface area contributed by atoms with Crippen LogP contribution >= 0.6 is 0 Å². The Kier molecular flexibility index (Phi) is 5.77. The molecule has 2 aromatic carbocycles. The van der Waals surface area contributed by atoms with Crippen LogP contribution in [0.4, 0.5) is 5.69 Å². The second-order valence-corrected chi connectivity index (χ2v) is 7.01. The number of para-hydroxylation sites is 1. The first-order valence-electron chi connectivity index (χ1n) is 9.27. The summed E-state index contributed by atoms with van der Waals surface area (Å²) in [6.45, 7) is 4.64. The maximum atomic E-state index is 12.5. The molecule has 1 N–H and O–H groups in total. The van der Waals surface area contributed by atoms with Gasteiger partial charge in [-0.15, -0.1) is 0 Å². The van der Waals surface area contributed by atoms with E-state index in [9.17, 15) is 19.2 Å². The summed E-state index contributed by atoms with van der Waals surface area (Å²) < 4.78 is 5.15. The lowest BCUT2D eigenvalue weighted by molar-refractivity contribution is -0.155. The molecule has 1 aliphatic heterocycles. The number of nitrogens with zero attached hydrogens (tertiary/aromatic N) is 1. The van der Waals surface area contributed by atoms with Crippen LogP contribution in [-0.4, -0.2) is 41.2 Å². The topological polar surface area (TPSA) is 92.8 Å². The molecule has 0 fully saturated rings. The Morgan fingerprint density at radius 3 is 2.41 bits per heavy atom. The molecule has 0 saturated heterocycles. The lowest BCUT2D eigenvalue weighted by Crippen LogP contribution is -2.46. The largest absolute Gasteiger partial charge is 0.451 e. The van der Waals surface area contributed by atoms with Gasteiger partial charge in [-0.05, 0) is 43.5 Å². The monoisotopic (exact) mass is 394 g/mol. The molecule has 0 aromatic heterocycles. The molecule has 2 aromatic rings. The Balaban J connectivity index is 1.62. The molecular weight excluding hydrogens is 372 g/mol. The van der Waals surface area contributed by atoms with Gasteiger partial charge in [0.25, 0.3) is 11.8 Å². The number of hydrogen-bond donors (Lipinski definition) is 1. The predicted octanol–water partition coefficient (Wildman–Crippen LogP) is 2.40. The molecule has 0 radical (unpaired) electrons. The van der Waals surface area contributed by atoms with E-state index < -0.39 is 36.3 Å². The Hall–Kier alpha value is -3.48. The fourth-order valence-electron chi connectivity index (χ4n) is 3.21. The van der Waals surface area contributed by atoms with Gasteiger partial charge in [-0.2, -0.15) is 0 Å². The average molecular weight is 394 g/mol. The van der Waals surface area contributed by atoms with Gasteiger partial charge in [0.05, 0.1) is 6.42 Å². The van der Waals surface area contributed by atoms with E-state index >= 15 is 0 Å². The van der Waals surface area contributed by atoms with E-state index in [-0.39, 0.29) is 6.42 Å². The van der Waals surface area contributed by atoms with Crippen LogP contribution in [0.15, 0.2) is 42.5 Å². The summed E-state index contributed by atoms with van der Waals surface area (Å²) in [7, 11) is 0. The standard InChI is InChI=1S/C22H22N2O5/c1-13-7-6-8-14(2)20(13)23-21(27)15(3)29-19(26)12-24-18(25)11-16-9-4-5-10-17(16)22(24)28/h4-10,15H,11-12H2,1-3H3,(H,23,27)/t15-/m0/s1. The molecule has 7 heteroatoms. The van der Waals surface area contributed by atoms with E-state index in [0.717, 1.165) is 16.0 Å². The summed E-state index contributed by atoms with van der Waals surface area (Å²) >= 11 is 0. The van der Waals surface area contributed by atoms with Gasteiger partial charge < -0.3 is 10.1 Å². The van der Waals surface area contributed by atoms with Crippen molar-refractivity contribution in [2.24, 2.45) is 0 Å². The Labute approximate surface area is 168 Å². The van der Waals surface area contributed by atoms with Crippen LogP contribution in [0.1, 0.15) is 34.0 Å². The molecule has 1 aliphatic rings. The highest BCUT2D eigenvalue weighted by atomic mass is 16.5. The third kappa shape index (κ3) is 4.34. The summed E-state index contributed by atoms with van der Waals surface area (Å²) in [5.74, 6) is -2.33. The first kappa shape index (κ1) is 20.3. The van der Waals surface area contributed by atoms with Crippen molar-refractivity contribution >= 4 is 29.4 Å². The molecule has 150 valence electrons. The van der Waals surface area contributed by atoms with E-state index in [4.69, 9.17) is 4.74 Å². The smallest absolute Gasteiger partial charge is 0.326 e. The van der Waals surface area contributed by atoms with Gasteiger partial charge in [-0.1, -0.05) is 36.4 Å². The van der Waals surface area contributed by atoms with Gasteiger partial charge in [-0.25, -0.2) is 0 Å². The second-order valence-electron chi connectivity index (χ2n) is 7.01. The molecular formula is C22H22N2O5. The lowest BCUT2D eigenvalue weighted by Gasteiger charge is -2.26. The van der Waals surface area contributed by atoms with Gasteiger partial charge in [0.15, 0.2) is 6.10 Å². The number of carbonyl (C=O) groups is 4. The zero-order chi connectivity index (χ0) is 21.1. The minimum absolute atomic E-state index is 0.0395. The Morgan fingerprint density at radius 2 is 1.72 bits per heavy atom. The maximum absolute atomic E-state index is 12.5. The average Bonchev–Trinajstić information content (AvgIpc) is 2.68. The number of fused-ring (bicyclic) bond motifs is 1. The number of anilines is 1. The molecule has 29 heavy (non-hydrogen) atoms. The van der Waals surface area contributed by atoms with Crippen LogP contribution < -0.4 is 5.32 Å². The molecule has 3 amide bonds. The zero-order valence-electron chi connectivity index (χ0n) is 16.5. The fourth-order valence-corrected chi connectivity index (χ4v) is 3.21. The van der Waals surface area contributed by atoms with Crippen molar-refractivity contribution in [3.63, 3.8) is 0 Å². The predicted molar refractivity (Wildman–Crippen MR) is 106 cm³/mol. The first-order valence-corrected chi connectivity index (χ1v) is 9.27. The fraction of sp³-hybridized carbons (Fsp3) is 0.273. The van der Waals surface area contributed by atoms with Crippen LogP contribution in [-0.2, 0) is 25.5 Å². The van der Waals surface area contributed by atoms with Gasteiger partial charge in [0.1, 0.15) is 6.54 Å². The van der Waals surface area contributed by atoms with Crippen LogP contribution in [0.3, 0.4) is 0 Å². The number of ether oxygens (including phenoxy) is 1. The number of amides is 3. The third-order valence-electron chi connectivity index (χ3n) is 4.83. The molecule has 3 rings (SSSR count). The number of aryl methyl sites for hydroxylation is 2. The summed E-state index contributed by atoms with van der Waals surface area (Å²) in [5.41, 5.74) is 3.47. The number of imide groups is 1. The minimum atomic E-state index is -1.08. The van der Waals surface area contributed by atoms with E-state index in [2.05, 4.69) is 5.32 Å². The van der Waals surface area contributed by atoms with Gasteiger partial charge in [0, 0.05) is 11.3 Å². The molecule has 0 aliphatic carbocycles. The highest BCUT2D eigenvalue weighted by Crippen LogP contribution is 2.21. The molecule has 1 heterocycles. The number of hydrogen-bond acceptors (Lipinski definition) is 5. The molecule has 1 atom stereocenters. The van der Waals surface area contributed by atoms with Gasteiger partial charge in [-0.3, -0.25) is 24.1 Å². The molecule has 0 saturated carbocycles. The Bertz CT molecular complexity index is 978. The van der Waals surface area contributed by atoms with E-state index in [1.807, 2.05) is 32.0 Å². The number of nitrogens with one attached hydrogen (secondary N) is 1. The lowest BCUT2D eigenvalue weighted by atomic mass is 9.98. The van der Waals surface area contributed by atoms with Crippen LogP contribution in [0.5, 0.6) is 0 Å². The Morgan fingerprint density at radius 1 is 1.07 bits per heavy atom. The van der Waals surface area contributed by atoms with Crippen molar-refractivity contribution in [3.8, 4) is 0 Å². The van der Waals surface area contributed by atoms with Crippen LogP contribution in [0.2, 0.25) is 0 Å². The highest BCUT2D eigenvalue weighted by molar-refractivity contribution is 6.11. The van der Waals surface area contributed by atoms with Crippen LogP contribution in [0, 0.1) is 13.8 Å². The van der Waals surface area contributed by atoms with Crippen molar-refractivity contribution in [1.29, 1.82) is 0 Å². The highest BCUT2D eigenvalue weighted by Gasteiger charge is 2.33. The van der Waals surface area contributed by atoms with Crippen molar-refractivity contribution in [2.45, 2.75) is 33.3 Å². The van der Waals surface area contributed by atoms with Crippen molar-refractivity contribution in [1.82, 2.24) is 4.90 Å². The number of esters is 1. The van der Waals surface area contributed by atoms with Crippen molar-refractivity contribution < 1.29 is 23.9 Å². The van der Waals surface area contributed by atoms with Crippen molar-refractivity contribution in [3.05, 3.63) is 64.7 Å². The molecule has 7 nitrogen and oxygen atoms in total. The van der Waals surface area contributed by atoms with E-state index in [1.165, 1.54) is 6.92 Å². The summed E-state index contributed by atoms with van der Waals surface area (Å²) in [4.78, 5) is 50.3. The van der Waals surface area contributed by atoms with E-state index in [0.29, 0.717) is 16.8 Å². The second kappa shape index (κ2) is 8.26. The van der Waals surface area contributed by atoms with Crippen LogP contribution in [0.25, 0.3) is 0 Å². The number of benzene rings is 2. The van der Waals surface area contributed by atoms with Crippen molar-refractivity contribution in [2.75, 3.05) is 11.9 Å². The van der Waals surface area contributed by atoms with Gasteiger partial charge in [0.2, 0.25) is 5.91 Å². The number of carbonyl (C=O) groups excluding carboxylic acids is 4. The third-order valence-corrected chi connectivity index (χ3v) is 4.83. The van der Waals surface area contributed by atoms with E-state index in [1.54, 1.807) is 24.3 Å². The first-order chi connectivity index (χ1) is 13.8. The molecule has 0 spiro atoms. The summed E-state index contributed by atoms with van der Waals surface area (Å²) in [5, 5.41) is 2.75. The zero-order valence-corrected chi connectivity index (χ0v) is 16.5. The maximum Gasteiger partial charge on any atom is 0.326 e. The normalized spacial score (nSPS) is 14.2. The number of rotatable bonds is 5.